The van der Waals surface area contributed by atoms with E-state index < -0.39 is 18.1 Å². The number of alkyl halides is 3. The first-order valence-corrected chi connectivity index (χ1v) is 10.3. The minimum absolute atomic E-state index is 0.0715. The van der Waals surface area contributed by atoms with E-state index in [1.54, 1.807) is 30.3 Å². The number of amides is 1. The minimum Gasteiger partial charge on any atom is -0.478 e. The van der Waals surface area contributed by atoms with Gasteiger partial charge in [-0.25, -0.2) is 9.59 Å². The second-order valence-corrected chi connectivity index (χ2v) is 7.03. The number of aliphatic carboxylic acids is 1. The van der Waals surface area contributed by atoms with E-state index >= 15 is 0 Å². The lowest BCUT2D eigenvalue weighted by atomic mass is 10.1. The number of carbonyl (C=O) groups is 3. The second kappa shape index (κ2) is 13.8. The number of hydrogen-bond acceptors (Lipinski definition) is 4. The molecule has 7 nitrogen and oxygen atoms in total. The van der Waals surface area contributed by atoms with Gasteiger partial charge in [0.05, 0.1) is 11.3 Å². The van der Waals surface area contributed by atoms with Gasteiger partial charge < -0.3 is 20.8 Å². The number of halogens is 3. The van der Waals surface area contributed by atoms with Crippen LogP contribution in [0.25, 0.3) is 0 Å². The molecule has 0 unspecified atom stereocenters. The Balaban J connectivity index is 0.000000675. The Labute approximate surface area is 189 Å². The van der Waals surface area contributed by atoms with Gasteiger partial charge in [-0.3, -0.25) is 4.79 Å². The molecule has 0 aromatic heterocycles. The molecule has 2 aromatic carbocycles. The normalized spacial score (nSPS) is 10.5. The topological polar surface area (TPSA) is 116 Å². The molecule has 0 spiro atoms. The molecule has 2 rings (SSSR count). The van der Waals surface area contributed by atoms with E-state index in [1.807, 2.05) is 12.1 Å². The van der Waals surface area contributed by atoms with Crippen LogP contribution in [0.5, 0.6) is 0 Å². The summed E-state index contributed by atoms with van der Waals surface area (Å²) in [5.41, 5.74) is 1.82. The van der Waals surface area contributed by atoms with Crippen molar-refractivity contribution in [2.24, 2.45) is 0 Å². The van der Waals surface area contributed by atoms with Gasteiger partial charge in [0.15, 0.2) is 0 Å². The highest BCUT2D eigenvalue weighted by Gasteiger charge is 2.38. The predicted molar refractivity (Wildman–Crippen MR) is 119 cm³/mol. The monoisotopic (exact) mass is 468 g/mol. The van der Waals surface area contributed by atoms with Crippen LogP contribution < -0.4 is 10.6 Å². The average molecular weight is 468 g/mol. The molecule has 0 radical (unpaired) electrons. The van der Waals surface area contributed by atoms with E-state index in [9.17, 15) is 27.9 Å². The fourth-order valence-electron chi connectivity index (χ4n) is 2.67. The Kier molecular flexibility index (Phi) is 11.5. The molecular formula is C23H27F3N2O5. The third-order valence-electron chi connectivity index (χ3n) is 4.40. The summed E-state index contributed by atoms with van der Waals surface area (Å²) < 4.78 is 31.7. The van der Waals surface area contributed by atoms with Gasteiger partial charge in [0, 0.05) is 17.8 Å². The zero-order valence-corrected chi connectivity index (χ0v) is 18.1. The van der Waals surface area contributed by atoms with Crippen LogP contribution in [-0.4, -0.2) is 40.8 Å². The van der Waals surface area contributed by atoms with E-state index in [4.69, 9.17) is 9.90 Å². The van der Waals surface area contributed by atoms with Crippen molar-refractivity contribution in [3.05, 3.63) is 59.7 Å². The van der Waals surface area contributed by atoms with Crippen molar-refractivity contribution >= 4 is 29.2 Å². The molecule has 1 amide bonds. The highest BCUT2D eigenvalue weighted by atomic mass is 19.4. The second-order valence-electron chi connectivity index (χ2n) is 7.03. The Hall–Kier alpha value is -3.56. The summed E-state index contributed by atoms with van der Waals surface area (Å²) in [6.07, 6.45) is 1.08. The Morgan fingerprint density at radius 1 is 0.879 bits per heavy atom. The van der Waals surface area contributed by atoms with Crippen LogP contribution in [0.2, 0.25) is 0 Å². The Morgan fingerprint density at radius 2 is 1.45 bits per heavy atom. The number of benzene rings is 2. The highest BCUT2D eigenvalue weighted by Crippen LogP contribution is 2.17. The van der Waals surface area contributed by atoms with Gasteiger partial charge in [0.25, 0.3) is 5.91 Å². The molecule has 180 valence electrons. The van der Waals surface area contributed by atoms with Crippen LogP contribution >= 0.6 is 0 Å². The molecule has 10 heteroatoms. The lowest BCUT2D eigenvalue weighted by molar-refractivity contribution is -0.192. The minimum atomic E-state index is -5.08. The number of rotatable bonds is 10. The van der Waals surface area contributed by atoms with Crippen molar-refractivity contribution in [3.63, 3.8) is 0 Å². The third-order valence-corrected chi connectivity index (χ3v) is 4.40. The number of hydrogen-bond donors (Lipinski definition) is 4. The van der Waals surface area contributed by atoms with Gasteiger partial charge >= 0.3 is 18.1 Å². The quantitative estimate of drug-likeness (QED) is 0.335. The van der Waals surface area contributed by atoms with Crippen molar-refractivity contribution in [2.45, 2.75) is 45.2 Å². The number of nitrogens with one attached hydrogen (secondary N) is 2. The first-order valence-electron chi connectivity index (χ1n) is 10.3. The predicted octanol–water partition coefficient (Wildman–Crippen LogP) is 5.65. The molecule has 0 heterocycles. The van der Waals surface area contributed by atoms with E-state index in [0.717, 1.165) is 18.7 Å². The van der Waals surface area contributed by atoms with Crippen LogP contribution in [0.4, 0.5) is 24.5 Å². The SMILES string of the molecule is CCCCCCCNc1ccc(C(=O)Nc2ccccc2C(=O)O)cc1.O=C(O)C(F)(F)F. The molecule has 0 aliphatic rings. The standard InChI is InChI=1S/C21H26N2O3.C2HF3O2/c1-2-3-4-5-8-15-22-17-13-11-16(12-14-17)20(24)23-19-10-7-6-9-18(19)21(25)26;3-2(4,5)1(6)7/h6-7,9-14,22H,2-5,8,15H2,1H3,(H,23,24)(H,25,26);(H,6,7). The van der Waals surface area contributed by atoms with Gasteiger partial charge in [-0.15, -0.1) is 0 Å². The zero-order chi connectivity index (χ0) is 24.9. The third kappa shape index (κ3) is 10.5. The van der Waals surface area contributed by atoms with Crippen LogP contribution in [0.1, 0.15) is 59.7 Å². The van der Waals surface area contributed by atoms with Gasteiger partial charge in [-0.05, 0) is 42.8 Å². The lowest BCUT2D eigenvalue weighted by Gasteiger charge is -2.10. The molecule has 0 fully saturated rings. The van der Waals surface area contributed by atoms with Gasteiger partial charge in [0.1, 0.15) is 0 Å². The highest BCUT2D eigenvalue weighted by molar-refractivity contribution is 6.07. The summed E-state index contributed by atoms with van der Waals surface area (Å²) in [7, 11) is 0. The summed E-state index contributed by atoms with van der Waals surface area (Å²) in [5.74, 6) is -4.16. The van der Waals surface area contributed by atoms with Crippen molar-refractivity contribution in [1.29, 1.82) is 0 Å². The van der Waals surface area contributed by atoms with E-state index in [-0.39, 0.29) is 11.5 Å². The molecule has 0 aliphatic heterocycles. The number of carboxylic acid groups (broad SMARTS) is 2. The maximum absolute atomic E-state index is 12.3. The Morgan fingerprint density at radius 3 is 2.00 bits per heavy atom. The number of para-hydroxylation sites is 1. The van der Waals surface area contributed by atoms with Gasteiger partial charge in [-0.2, -0.15) is 13.2 Å². The number of carboxylic acids is 2. The van der Waals surface area contributed by atoms with Crippen molar-refractivity contribution < 1.29 is 37.8 Å². The molecule has 0 bridgehead atoms. The zero-order valence-electron chi connectivity index (χ0n) is 18.1. The number of anilines is 2. The number of unbranched alkanes of at least 4 members (excludes halogenated alkanes) is 4. The van der Waals surface area contributed by atoms with Crippen molar-refractivity contribution in [1.82, 2.24) is 0 Å². The summed E-state index contributed by atoms with van der Waals surface area (Å²) in [6.45, 7) is 3.12. The molecule has 4 N–H and O–H groups in total. The smallest absolute Gasteiger partial charge is 0.478 e. The van der Waals surface area contributed by atoms with E-state index in [2.05, 4.69) is 17.6 Å². The van der Waals surface area contributed by atoms with Crippen LogP contribution in [0, 0.1) is 0 Å². The molecule has 2 aromatic rings. The molecule has 0 saturated heterocycles. The maximum Gasteiger partial charge on any atom is 0.490 e. The summed E-state index contributed by atoms with van der Waals surface area (Å²) >= 11 is 0. The average Bonchev–Trinajstić information content (AvgIpc) is 2.76. The molecule has 0 saturated carbocycles. The van der Waals surface area contributed by atoms with E-state index in [1.165, 1.54) is 31.7 Å². The van der Waals surface area contributed by atoms with Crippen LogP contribution in [0.3, 0.4) is 0 Å². The van der Waals surface area contributed by atoms with Crippen LogP contribution in [0.15, 0.2) is 48.5 Å². The molecular weight excluding hydrogens is 441 g/mol. The van der Waals surface area contributed by atoms with Gasteiger partial charge in [-0.1, -0.05) is 44.7 Å². The number of carbonyl (C=O) groups excluding carboxylic acids is 1. The van der Waals surface area contributed by atoms with Crippen LogP contribution in [-0.2, 0) is 4.79 Å². The fourth-order valence-corrected chi connectivity index (χ4v) is 2.67. The largest absolute Gasteiger partial charge is 0.490 e. The van der Waals surface area contributed by atoms with Gasteiger partial charge in [0.2, 0.25) is 0 Å². The lowest BCUT2D eigenvalue weighted by Crippen LogP contribution is -2.21. The van der Waals surface area contributed by atoms with Crippen molar-refractivity contribution in [3.8, 4) is 0 Å². The summed E-state index contributed by atoms with van der Waals surface area (Å²) in [5, 5.41) is 22.3. The fraction of sp³-hybridized carbons (Fsp3) is 0.348. The molecule has 0 atom stereocenters. The summed E-state index contributed by atoms with van der Waals surface area (Å²) in [4.78, 5) is 32.4. The Bertz CT molecular complexity index is 915. The van der Waals surface area contributed by atoms with Crippen molar-refractivity contribution in [2.75, 3.05) is 17.2 Å². The maximum atomic E-state index is 12.3. The molecule has 33 heavy (non-hydrogen) atoms. The molecule has 0 aliphatic carbocycles. The number of aromatic carboxylic acids is 1. The first kappa shape index (κ1) is 27.5. The first-order chi connectivity index (χ1) is 15.6. The summed E-state index contributed by atoms with van der Waals surface area (Å²) in [6, 6.07) is 13.6. The van der Waals surface area contributed by atoms with E-state index in [0.29, 0.717) is 11.3 Å².